The second-order valence-corrected chi connectivity index (χ2v) is 3.70. The Balaban J connectivity index is 2.82. The Labute approximate surface area is 89.7 Å². The highest BCUT2D eigenvalue weighted by molar-refractivity contribution is 5.30. The van der Waals surface area contributed by atoms with Crippen molar-refractivity contribution in [3.8, 4) is 5.75 Å². The summed E-state index contributed by atoms with van der Waals surface area (Å²) in [4.78, 5) is 0. The second kappa shape index (κ2) is 5.12. The van der Waals surface area contributed by atoms with E-state index in [1.165, 1.54) is 13.0 Å². The zero-order valence-corrected chi connectivity index (χ0v) is 9.33. The van der Waals surface area contributed by atoms with Crippen molar-refractivity contribution >= 4 is 0 Å². The van der Waals surface area contributed by atoms with E-state index in [0.717, 1.165) is 6.42 Å². The van der Waals surface area contributed by atoms with Crippen molar-refractivity contribution in [1.82, 2.24) is 0 Å². The molecule has 84 valence electrons. The molecule has 0 radical (unpaired) electrons. The Bertz CT molecular complexity index is 323. The smallest absolute Gasteiger partial charge is 0.132 e. The van der Waals surface area contributed by atoms with Crippen molar-refractivity contribution in [2.24, 2.45) is 0 Å². The first-order chi connectivity index (χ1) is 7.04. The van der Waals surface area contributed by atoms with Crippen LogP contribution >= 0.6 is 0 Å². The summed E-state index contributed by atoms with van der Waals surface area (Å²) in [5.74, 6) is 0.0806. The summed E-state index contributed by atoms with van der Waals surface area (Å²) in [5, 5.41) is 9.24. The third kappa shape index (κ3) is 3.20. The summed E-state index contributed by atoms with van der Waals surface area (Å²) in [6.45, 7) is 5.47. The molecule has 3 heteroatoms. The third-order valence-electron chi connectivity index (χ3n) is 2.33. The summed E-state index contributed by atoms with van der Waals surface area (Å²) in [5.41, 5.74) is 0.298. The van der Waals surface area contributed by atoms with Gasteiger partial charge in [-0.1, -0.05) is 6.92 Å². The molecule has 1 rings (SSSR count). The summed E-state index contributed by atoms with van der Waals surface area (Å²) in [6.07, 6.45) is 0.157. The van der Waals surface area contributed by atoms with Gasteiger partial charge in [-0.15, -0.1) is 0 Å². The number of halogens is 1. The number of aliphatic hydroxyl groups is 1. The molecule has 1 aromatic rings. The van der Waals surface area contributed by atoms with Crippen molar-refractivity contribution in [2.45, 2.75) is 39.4 Å². The van der Waals surface area contributed by atoms with Gasteiger partial charge in [-0.2, -0.15) is 0 Å². The summed E-state index contributed by atoms with van der Waals surface area (Å²) < 4.78 is 18.9. The molecule has 0 aliphatic heterocycles. The summed E-state index contributed by atoms with van der Waals surface area (Å²) in [7, 11) is 0. The van der Waals surface area contributed by atoms with Crippen molar-refractivity contribution in [1.29, 1.82) is 0 Å². The SMILES string of the molecule is CCC(C)Oc1ccc([C@H](C)O)c(F)c1. The largest absolute Gasteiger partial charge is 0.491 e. The van der Waals surface area contributed by atoms with Gasteiger partial charge in [-0.05, 0) is 32.4 Å². The fraction of sp³-hybridized carbons (Fsp3) is 0.500. The lowest BCUT2D eigenvalue weighted by atomic mass is 10.1. The van der Waals surface area contributed by atoms with Crippen LogP contribution in [0.15, 0.2) is 18.2 Å². The van der Waals surface area contributed by atoms with E-state index in [-0.39, 0.29) is 6.10 Å². The highest BCUT2D eigenvalue weighted by Gasteiger charge is 2.09. The molecule has 1 unspecified atom stereocenters. The van der Waals surface area contributed by atoms with Crippen LogP contribution in [0, 0.1) is 5.82 Å². The first-order valence-corrected chi connectivity index (χ1v) is 5.18. The third-order valence-corrected chi connectivity index (χ3v) is 2.33. The molecule has 15 heavy (non-hydrogen) atoms. The minimum absolute atomic E-state index is 0.0711. The molecular weight excluding hydrogens is 195 g/mol. The van der Waals surface area contributed by atoms with Gasteiger partial charge in [0, 0.05) is 11.6 Å². The number of hydrogen-bond acceptors (Lipinski definition) is 2. The quantitative estimate of drug-likeness (QED) is 0.831. The van der Waals surface area contributed by atoms with Crippen LogP contribution in [0.2, 0.25) is 0 Å². The summed E-state index contributed by atoms with van der Waals surface area (Å²) >= 11 is 0. The molecule has 0 amide bonds. The number of rotatable bonds is 4. The molecule has 0 aromatic heterocycles. The Kier molecular flexibility index (Phi) is 4.09. The Morgan fingerprint density at radius 2 is 2.07 bits per heavy atom. The van der Waals surface area contributed by atoms with Crippen LogP contribution in [0.1, 0.15) is 38.9 Å². The molecule has 1 aromatic carbocycles. The topological polar surface area (TPSA) is 29.5 Å². The molecule has 0 saturated heterocycles. The Morgan fingerprint density at radius 3 is 2.53 bits per heavy atom. The predicted molar refractivity (Wildman–Crippen MR) is 57.4 cm³/mol. The monoisotopic (exact) mass is 212 g/mol. The molecule has 2 nitrogen and oxygen atoms in total. The van der Waals surface area contributed by atoms with Crippen LogP contribution in [0.5, 0.6) is 5.75 Å². The first kappa shape index (κ1) is 12.0. The standard InChI is InChI=1S/C12H17FO2/c1-4-8(2)15-10-5-6-11(9(3)14)12(13)7-10/h5-9,14H,4H2,1-3H3/t8?,9-/m0/s1. The molecule has 2 atom stereocenters. The minimum atomic E-state index is -0.789. The normalized spacial score (nSPS) is 14.7. The molecule has 0 spiro atoms. The number of ether oxygens (including phenoxy) is 1. The molecule has 0 aliphatic carbocycles. The second-order valence-electron chi connectivity index (χ2n) is 3.70. The Hall–Kier alpha value is -1.09. The average Bonchev–Trinajstić information content (AvgIpc) is 2.17. The van der Waals surface area contributed by atoms with E-state index in [2.05, 4.69) is 0 Å². The predicted octanol–water partition coefficient (Wildman–Crippen LogP) is 3.06. The zero-order chi connectivity index (χ0) is 11.4. The van der Waals surface area contributed by atoms with Gasteiger partial charge in [-0.3, -0.25) is 0 Å². The van der Waals surface area contributed by atoms with E-state index in [1.807, 2.05) is 13.8 Å². The molecule has 0 aliphatic rings. The number of benzene rings is 1. The first-order valence-electron chi connectivity index (χ1n) is 5.18. The zero-order valence-electron chi connectivity index (χ0n) is 9.33. The van der Waals surface area contributed by atoms with Gasteiger partial charge in [0.05, 0.1) is 12.2 Å². The lowest BCUT2D eigenvalue weighted by Gasteiger charge is -2.14. The van der Waals surface area contributed by atoms with Gasteiger partial charge in [0.2, 0.25) is 0 Å². The van der Waals surface area contributed by atoms with Gasteiger partial charge in [0.15, 0.2) is 0 Å². The van der Waals surface area contributed by atoms with Crippen LogP contribution in [0.4, 0.5) is 4.39 Å². The minimum Gasteiger partial charge on any atom is -0.491 e. The van der Waals surface area contributed by atoms with Crippen molar-refractivity contribution in [3.05, 3.63) is 29.6 Å². The van der Waals surface area contributed by atoms with Crippen LogP contribution in [-0.2, 0) is 0 Å². The lowest BCUT2D eigenvalue weighted by molar-refractivity contribution is 0.192. The maximum Gasteiger partial charge on any atom is 0.132 e. The van der Waals surface area contributed by atoms with Crippen LogP contribution < -0.4 is 4.74 Å². The van der Waals surface area contributed by atoms with E-state index in [0.29, 0.717) is 11.3 Å². The van der Waals surface area contributed by atoms with Gasteiger partial charge >= 0.3 is 0 Å². The van der Waals surface area contributed by atoms with E-state index in [9.17, 15) is 9.50 Å². The molecule has 0 heterocycles. The van der Waals surface area contributed by atoms with Crippen molar-refractivity contribution in [3.63, 3.8) is 0 Å². The van der Waals surface area contributed by atoms with E-state index < -0.39 is 11.9 Å². The lowest BCUT2D eigenvalue weighted by Crippen LogP contribution is -2.10. The van der Waals surface area contributed by atoms with Crippen LogP contribution in [0.3, 0.4) is 0 Å². The Morgan fingerprint density at radius 1 is 1.40 bits per heavy atom. The van der Waals surface area contributed by atoms with Crippen LogP contribution in [-0.4, -0.2) is 11.2 Å². The highest BCUT2D eigenvalue weighted by atomic mass is 19.1. The fourth-order valence-electron chi connectivity index (χ4n) is 1.24. The number of aliphatic hydroxyl groups excluding tert-OH is 1. The van der Waals surface area contributed by atoms with Gasteiger partial charge in [-0.25, -0.2) is 4.39 Å². The molecular formula is C12H17FO2. The maximum atomic E-state index is 13.4. The van der Waals surface area contributed by atoms with E-state index in [1.54, 1.807) is 12.1 Å². The molecule has 0 fully saturated rings. The van der Waals surface area contributed by atoms with Crippen LogP contribution in [0.25, 0.3) is 0 Å². The van der Waals surface area contributed by atoms with Gasteiger partial charge < -0.3 is 9.84 Å². The van der Waals surface area contributed by atoms with Gasteiger partial charge in [0.25, 0.3) is 0 Å². The fourth-order valence-corrected chi connectivity index (χ4v) is 1.24. The molecule has 0 saturated carbocycles. The van der Waals surface area contributed by atoms with Crippen molar-refractivity contribution < 1.29 is 14.2 Å². The summed E-state index contributed by atoms with van der Waals surface area (Å²) in [6, 6.07) is 4.54. The molecule has 1 N–H and O–H groups in total. The number of hydrogen-bond donors (Lipinski definition) is 1. The van der Waals surface area contributed by atoms with E-state index >= 15 is 0 Å². The van der Waals surface area contributed by atoms with Gasteiger partial charge in [0.1, 0.15) is 11.6 Å². The highest BCUT2D eigenvalue weighted by Crippen LogP contribution is 2.22. The molecule has 0 bridgehead atoms. The van der Waals surface area contributed by atoms with E-state index in [4.69, 9.17) is 4.74 Å². The maximum absolute atomic E-state index is 13.4. The van der Waals surface area contributed by atoms with Crippen molar-refractivity contribution in [2.75, 3.05) is 0 Å². The average molecular weight is 212 g/mol.